The highest BCUT2D eigenvalue weighted by Crippen LogP contribution is 2.77. The molecule has 4 heterocycles. The largest absolute Gasteiger partial charge is 0.455 e. The van der Waals surface area contributed by atoms with Crippen molar-refractivity contribution in [3.63, 3.8) is 0 Å². The second kappa shape index (κ2) is 11.0. The van der Waals surface area contributed by atoms with Gasteiger partial charge in [-0.3, -0.25) is 4.79 Å². The first-order valence-corrected chi connectivity index (χ1v) is 18.0. The molecule has 0 amide bonds. The van der Waals surface area contributed by atoms with Gasteiger partial charge < -0.3 is 38.3 Å². The summed E-state index contributed by atoms with van der Waals surface area (Å²) < 4.78 is 47.3. The topological polar surface area (TPSA) is 122 Å². The maximum Gasteiger partial charge on any atom is 0.331 e. The van der Waals surface area contributed by atoms with E-state index >= 15 is 0 Å². The predicted molar refractivity (Wildman–Crippen MR) is 180 cm³/mol. The molecule has 268 valence electrons. The lowest BCUT2D eigenvalue weighted by Gasteiger charge is -2.65. The Bertz CT molecular complexity index is 1700. The average molecular weight is 689 g/mol. The molecule has 8 rings (SSSR count). The van der Waals surface area contributed by atoms with E-state index < -0.39 is 87.6 Å². The summed E-state index contributed by atoms with van der Waals surface area (Å²) >= 11 is 0. The van der Waals surface area contributed by atoms with Crippen molar-refractivity contribution < 1.29 is 47.9 Å². The number of epoxide rings is 1. The van der Waals surface area contributed by atoms with Gasteiger partial charge >= 0.3 is 11.9 Å². The SMILES string of the molecule is C=C(C)C12OC3(c4ccccc4)OC1[C@@H]1[C@@H]4O[C@@]45COC(C)(C)O[C@H]5[C@]4(O)C(=O)C=C[C@@]4(C)C1(O3)[C@H](C)[C@H]2OC(=O)/C=C/C=C/CCCCC. The molecule has 1 aromatic carbocycles. The molecule has 10 nitrogen and oxygen atoms in total. The zero-order chi connectivity index (χ0) is 35.5. The molecule has 3 bridgehead atoms. The van der Waals surface area contributed by atoms with Crippen molar-refractivity contribution in [2.45, 2.75) is 126 Å². The standard InChI is InChI=1S/C40H48O10/c1-8-9-10-11-12-13-17-20-28(42)45-30-25(4)39-29(32-37(30,24(2)3)49-40(47-32,50-39)26-18-15-14-16-19-26)31-36(46-31)23-44-34(5,6)48-33(36)38(43)27(41)21-22-35(38,39)7/h12-22,25,29-33,43H,2,8-11,23H2,1,3-7H3/b13-12+,20-17+/t25-,29+,30-,31+,32?,33-,35-,36+,37?,38-,39?,40?/m1/s1. The monoisotopic (exact) mass is 688 g/mol. The van der Waals surface area contributed by atoms with Crippen LogP contribution in [-0.2, 0) is 48.7 Å². The third-order valence-electron chi connectivity index (χ3n) is 12.7. The number of ether oxygens (including phenoxy) is 7. The van der Waals surface area contributed by atoms with Gasteiger partial charge in [0.25, 0.3) is 0 Å². The van der Waals surface area contributed by atoms with Crippen LogP contribution in [0, 0.1) is 17.3 Å². The van der Waals surface area contributed by atoms with Crippen molar-refractivity contribution >= 4 is 11.8 Å². The number of unbranched alkanes of at least 4 members (excludes halogenated alkanes) is 3. The molecule has 3 aliphatic carbocycles. The van der Waals surface area contributed by atoms with Crippen LogP contribution >= 0.6 is 0 Å². The molecule has 1 aromatic rings. The number of allylic oxidation sites excluding steroid dienone is 3. The van der Waals surface area contributed by atoms with Crippen molar-refractivity contribution in [3.8, 4) is 0 Å². The number of hydrogen-bond donors (Lipinski definition) is 1. The fourth-order valence-electron chi connectivity index (χ4n) is 10.3. The number of fused-ring (bicyclic) bond motifs is 3. The molecule has 10 heteroatoms. The van der Waals surface area contributed by atoms with Crippen molar-refractivity contribution in [1.82, 2.24) is 0 Å². The summed E-state index contributed by atoms with van der Waals surface area (Å²) in [6.45, 7) is 15.8. The minimum Gasteiger partial charge on any atom is -0.455 e. The number of aliphatic hydroxyl groups is 1. The van der Waals surface area contributed by atoms with E-state index in [2.05, 4.69) is 13.5 Å². The molecular weight excluding hydrogens is 640 g/mol. The van der Waals surface area contributed by atoms with Gasteiger partial charge in [-0.1, -0.05) is 87.9 Å². The van der Waals surface area contributed by atoms with Gasteiger partial charge in [0, 0.05) is 23.5 Å². The van der Waals surface area contributed by atoms with Crippen LogP contribution in [0.15, 0.2) is 78.9 Å². The van der Waals surface area contributed by atoms with Crippen LogP contribution in [0.3, 0.4) is 0 Å². The van der Waals surface area contributed by atoms with E-state index in [0.717, 1.165) is 25.7 Å². The zero-order valence-electron chi connectivity index (χ0n) is 29.7. The van der Waals surface area contributed by atoms with Crippen molar-refractivity contribution in [3.05, 3.63) is 84.5 Å². The van der Waals surface area contributed by atoms with Crippen LogP contribution in [0.2, 0.25) is 0 Å². The number of carbonyl (C=O) groups excluding carboxylic acids is 2. The Kier molecular flexibility index (Phi) is 7.53. The molecule has 4 aliphatic heterocycles. The summed E-state index contributed by atoms with van der Waals surface area (Å²) in [4.78, 5) is 27.9. The summed E-state index contributed by atoms with van der Waals surface area (Å²) in [6.07, 6.45) is 10.8. The molecule has 7 aliphatic rings. The quantitative estimate of drug-likeness (QED) is 0.0908. The molecule has 1 spiro atoms. The zero-order valence-corrected chi connectivity index (χ0v) is 29.7. The minimum absolute atomic E-state index is 0.0780. The summed E-state index contributed by atoms with van der Waals surface area (Å²) in [5.41, 5.74) is -6.49. The Morgan fingerprint density at radius 1 is 1.06 bits per heavy atom. The van der Waals surface area contributed by atoms with Crippen LogP contribution < -0.4 is 0 Å². The van der Waals surface area contributed by atoms with Crippen LogP contribution in [0.4, 0.5) is 0 Å². The first kappa shape index (κ1) is 34.1. The average Bonchev–Trinajstić information content (AvgIpc) is 3.67. The number of benzene rings is 1. The maximum absolute atomic E-state index is 14.2. The van der Waals surface area contributed by atoms with Crippen LogP contribution in [-0.4, -0.2) is 76.1 Å². The Labute approximate surface area is 293 Å². The Morgan fingerprint density at radius 2 is 1.82 bits per heavy atom. The van der Waals surface area contributed by atoms with E-state index in [1.54, 1.807) is 26.0 Å². The lowest BCUT2D eigenvalue weighted by Crippen LogP contribution is -2.79. The van der Waals surface area contributed by atoms with Gasteiger partial charge in [0.15, 0.2) is 22.8 Å². The summed E-state index contributed by atoms with van der Waals surface area (Å²) in [5.74, 6) is -5.34. The molecule has 12 atom stereocenters. The number of carbonyl (C=O) groups is 2. The summed E-state index contributed by atoms with van der Waals surface area (Å²) in [6, 6.07) is 9.30. The van der Waals surface area contributed by atoms with Crippen LogP contribution in [0.25, 0.3) is 0 Å². The summed E-state index contributed by atoms with van der Waals surface area (Å²) in [7, 11) is 0. The van der Waals surface area contributed by atoms with Crippen LogP contribution in [0.5, 0.6) is 0 Å². The highest BCUT2D eigenvalue weighted by molar-refractivity contribution is 6.02. The van der Waals surface area contributed by atoms with Gasteiger partial charge in [-0.05, 0) is 52.2 Å². The Morgan fingerprint density at radius 3 is 2.54 bits per heavy atom. The maximum atomic E-state index is 14.2. The van der Waals surface area contributed by atoms with E-state index in [-0.39, 0.29) is 6.61 Å². The smallest absolute Gasteiger partial charge is 0.331 e. The lowest BCUT2D eigenvalue weighted by molar-refractivity contribution is -0.452. The van der Waals surface area contributed by atoms with Gasteiger partial charge in [-0.15, -0.1) is 0 Å². The third-order valence-corrected chi connectivity index (χ3v) is 12.7. The van der Waals surface area contributed by atoms with Crippen LogP contribution in [0.1, 0.15) is 72.8 Å². The molecular formula is C40H48O10. The van der Waals surface area contributed by atoms with E-state index in [1.165, 1.54) is 12.2 Å². The number of rotatable bonds is 9. The van der Waals surface area contributed by atoms with E-state index in [4.69, 9.17) is 33.2 Å². The second-order valence-electron chi connectivity index (χ2n) is 15.8. The number of ketones is 1. The number of hydrogen-bond acceptors (Lipinski definition) is 10. The van der Waals surface area contributed by atoms with Gasteiger partial charge in [0.05, 0.1) is 12.0 Å². The molecule has 50 heavy (non-hydrogen) atoms. The van der Waals surface area contributed by atoms with Gasteiger partial charge in [0.1, 0.15) is 35.6 Å². The lowest BCUT2D eigenvalue weighted by atomic mass is 9.48. The van der Waals surface area contributed by atoms with Gasteiger partial charge in [0.2, 0.25) is 0 Å². The van der Waals surface area contributed by atoms with E-state index in [0.29, 0.717) is 11.1 Å². The fraction of sp³-hybridized carbons (Fsp3) is 0.600. The van der Waals surface area contributed by atoms with E-state index in [1.807, 2.05) is 63.3 Å². The Balaban J connectivity index is 1.30. The van der Waals surface area contributed by atoms with Crippen molar-refractivity contribution in [2.75, 3.05) is 6.61 Å². The van der Waals surface area contributed by atoms with Gasteiger partial charge in [-0.2, -0.15) is 0 Å². The first-order chi connectivity index (χ1) is 23.7. The molecule has 4 saturated heterocycles. The molecule has 0 aromatic heterocycles. The molecule has 6 fully saturated rings. The fourth-order valence-corrected chi connectivity index (χ4v) is 10.3. The Hall–Kier alpha value is -2.96. The molecule has 1 N–H and O–H groups in total. The second-order valence-corrected chi connectivity index (χ2v) is 15.8. The van der Waals surface area contributed by atoms with E-state index in [9.17, 15) is 14.7 Å². The highest BCUT2D eigenvalue weighted by Gasteiger charge is 2.93. The summed E-state index contributed by atoms with van der Waals surface area (Å²) in [5, 5.41) is 13.1. The molecule has 0 radical (unpaired) electrons. The minimum atomic E-state index is -2.15. The molecule has 4 unspecified atom stereocenters. The third kappa shape index (κ3) is 4.10. The van der Waals surface area contributed by atoms with Gasteiger partial charge in [-0.25, -0.2) is 4.79 Å². The normalized spacial score (nSPS) is 47.5. The van der Waals surface area contributed by atoms with Crippen molar-refractivity contribution in [2.24, 2.45) is 17.3 Å². The molecule has 2 saturated carbocycles. The van der Waals surface area contributed by atoms with Crippen molar-refractivity contribution in [1.29, 1.82) is 0 Å². The highest BCUT2D eigenvalue weighted by atomic mass is 16.9. The number of esters is 1. The predicted octanol–water partition coefficient (Wildman–Crippen LogP) is 5.35. The first-order valence-electron chi connectivity index (χ1n) is 18.0.